The van der Waals surface area contributed by atoms with Crippen molar-refractivity contribution < 1.29 is 19.1 Å². The van der Waals surface area contributed by atoms with Gasteiger partial charge in [0.15, 0.2) is 11.5 Å². The van der Waals surface area contributed by atoms with Gasteiger partial charge in [0.2, 0.25) is 12.7 Å². The lowest BCUT2D eigenvalue weighted by Gasteiger charge is -2.20. The number of fused-ring (bicyclic) bond motifs is 1. The number of hydrogen-bond acceptors (Lipinski definition) is 5. The molecule has 3 N–H and O–H groups in total. The Balaban J connectivity index is 1.40. The van der Waals surface area contributed by atoms with Crippen LogP contribution in [0, 0.1) is 0 Å². The number of carbonyl (C=O) groups excluding carboxylic acids is 2. The smallest absolute Gasteiger partial charge is 0.325 e. The number of amides is 3. The van der Waals surface area contributed by atoms with Gasteiger partial charge in [-0.1, -0.05) is 32.1 Å². The van der Waals surface area contributed by atoms with Gasteiger partial charge < -0.3 is 20.1 Å². The first-order chi connectivity index (χ1) is 12.2. The maximum absolute atomic E-state index is 11.9. The van der Waals surface area contributed by atoms with E-state index in [2.05, 4.69) is 16.0 Å². The summed E-state index contributed by atoms with van der Waals surface area (Å²) in [5, 5.41) is 8.23. The molecule has 7 nitrogen and oxygen atoms in total. The number of nitrogens with one attached hydrogen (secondary N) is 3. The van der Waals surface area contributed by atoms with Crippen molar-refractivity contribution in [2.24, 2.45) is 0 Å². The van der Waals surface area contributed by atoms with E-state index in [0.717, 1.165) is 12.8 Å². The fraction of sp³-hybridized carbons (Fsp3) is 0.556. The Morgan fingerprint density at radius 3 is 2.52 bits per heavy atom. The molecular formula is C18H25N3O4. The Labute approximate surface area is 147 Å². The van der Waals surface area contributed by atoms with Crippen LogP contribution in [0.5, 0.6) is 11.5 Å². The quantitative estimate of drug-likeness (QED) is 0.779. The third kappa shape index (κ3) is 5.35. The van der Waals surface area contributed by atoms with Crippen LogP contribution in [0.2, 0.25) is 0 Å². The van der Waals surface area contributed by atoms with Crippen LogP contribution in [0.3, 0.4) is 0 Å². The summed E-state index contributed by atoms with van der Waals surface area (Å²) in [6.07, 6.45) is 8.43. The molecule has 0 bridgehead atoms. The van der Waals surface area contributed by atoms with Crippen LogP contribution >= 0.6 is 0 Å². The highest BCUT2D eigenvalue weighted by Crippen LogP contribution is 2.34. The standard InChI is InChI=1S/C18H25N3O4/c22-17(11-19-13-6-4-2-1-3-5-7-13)21-18(23)20-14-8-9-15-16(10-14)25-12-24-15/h8-10,13,19H,1-7,11-12H2,(H2,20,21,22,23). The number of rotatable bonds is 4. The van der Waals surface area contributed by atoms with Crippen LogP contribution in [-0.2, 0) is 4.79 Å². The van der Waals surface area contributed by atoms with Crippen LogP contribution in [0.15, 0.2) is 18.2 Å². The second kappa shape index (κ2) is 8.71. The van der Waals surface area contributed by atoms with Gasteiger partial charge >= 0.3 is 6.03 Å². The number of carbonyl (C=O) groups is 2. The molecule has 0 spiro atoms. The van der Waals surface area contributed by atoms with E-state index < -0.39 is 6.03 Å². The first-order valence-electron chi connectivity index (χ1n) is 8.94. The van der Waals surface area contributed by atoms with Gasteiger partial charge in [-0.25, -0.2) is 4.79 Å². The molecule has 0 saturated heterocycles. The van der Waals surface area contributed by atoms with Gasteiger partial charge in [0.1, 0.15) is 0 Å². The van der Waals surface area contributed by atoms with E-state index in [9.17, 15) is 9.59 Å². The van der Waals surface area contributed by atoms with E-state index in [1.165, 1.54) is 32.1 Å². The number of imide groups is 1. The molecule has 1 fully saturated rings. The van der Waals surface area contributed by atoms with Gasteiger partial charge in [-0.15, -0.1) is 0 Å². The van der Waals surface area contributed by atoms with E-state index >= 15 is 0 Å². The average molecular weight is 347 g/mol. The van der Waals surface area contributed by atoms with Crippen molar-refractivity contribution in [2.45, 2.75) is 51.0 Å². The zero-order chi connectivity index (χ0) is 17.5. The average Bonchev–Trinajstić information content (AvgIpc) is 3.01. The van der Waals surface area contributed by atoms with Crippen LogP contribution in [-0.4, -0.2) is 31.3 Å². The molecule has 0 atom stereocenters. The van der Waals surface area contributed by atoms with Crippen molar-refractivity contribution in [3.63, 3.8) is 0 Å². The lowest BCUT2D eigenvalue weighted by molar-refractivity contribution is -0.119. The van der Waals surface area contributed by atoms with Crippen molar-refractivity contribution in [1.29, 1.82) is 0 Å². The summed E-state index contributed by atoms with van der Waals surface area (Å²) in [6.45, 7) is 0.329. The number of hydrogen-bond donors (Lipinski definition) is 3. The molecule has 1 aromatic rings. The van der Waals surface area contributed by atoms with Crippen LogP contribution < -0.4 is 25.4 Å². The van der Waals surface area contributed by atoms with Gasteiger partial charge in [0.25, 0.3) is 0 Å². The number of anilines is 1. The highest BCUT2D eigenvalue weighted by atomic mass is 16.7. The summed E-state index contributed by atoms with van der Waals surface area (Å²) in [5.41, 5.74) is 0.544. The van der Waals surface area contributed by atoms with E-state index in [0.29, 0.717) is 23.2 Å². The lowest BCUT2D eigenvalue weighted by atomic mass is 9.97. The van der Waals surface area contributed by atoms with Gasteiger partial charge in [0, 0.05) is 17.8 Å². The Morgan fingerprint density at radius 2 is 1.72 bits per heavy atom. The summed E-state index contributed by atoms with van der Waals surface area (Å²) in [7, 11) is 0. The highest BCUT2D eigenvalue weighted by Gasteiger charge is 2.16. The normalized spacial score (nSPS) is 17.4. The van der Waals surface area contributed by atoms with E-state index in [-0.39, 0.29) is 19.2 Å². The summed E-state index contributed by atoms with van der Waals surface area (Å²) < 4.78 is 10.5. The first kappa shape index (κ1) is 17.5. The van der Waals surface area contributed by atoms with E-state index in [1.54, 1.807) is 18.2 Å². The van der Waals surface area contributed by atoms with Crippen LogP contribution in [0.1, 0.15) is 44.9 Å². The van der Waals surface area contributed by atoms with Gasteiger partial charge in [-0.05, 0) is 25.0 Å². The SMILES string of the molecule is O=C(CNC1CCCCCCC1)NC(=O)Nc1ccc2c(c1)OCO2. The molecule has 1 aliphatic heterocycles. The Hall–Kier alpha value is -2.28. The predicted octanol–water partition coefficient (Wildman–Crippen LogP) is 2.77. The fourth-order valence-electron chi connectivity index (χ4n) is 3.20. The van der Waals surface area contributed by atoms with Crippen molar-refractivity contribution >= 4 is 17.6 Å². The summed E-state index contributed by atoms with van der Waals surface area (Å²) in [4.78, 5) is 23.9. The molecule has 1 saturated carbocycles. The molecule has 1 aliphatic carbocycles. The van der Waals surface area contributed by atoms with E-state index in [1.807, 2.05) is 0 Å². The molecule has 2 aliphatic rings. The van der Waals surface area contributed by atoms with Crippen molar-refractivity contribution in [1.82, 2.24) is 10.6 Å². The van der Waals surface area contributed by atoms with E-state index in [4.69, 9.17) is 9.47 Å². The predicted molar refractivity (Wildman–Crippen MR) is 93.8 cm³/mol. The minimum absolute atomic E-state index is 0.152. The third-order valence-corrected chi connectivity index (χ3v) is 4.54. The molecule has 0 unspecified atom stereocenters. The molecule has 1 aromatic carbocycles. The largest absolute Gasteiger partial charge is 0.454 e. The maximum Gasteiger partial charge on any atom is 0.325 e. The Morgan fingerprint density at radius 1 is 1.00 bits per heavy atom. The van der Waals surface area contributed by atoms with Crippen molar-refractivity contribution in [3.8, 4) is 11.5 Å². The third-order valence-electron chi connectivity index (χ3n) is 4.54. The first-order valence-corrected chi connectivity index (χ1v) is 8.94. The van der Waals surface area contributed by atoms with Crippen LogP contribution in [0.25, 0.3) is 0 Å². The topological polar surface area (TPSA) is 88.7 Å². The summed E-state index contributed by atoms with van der Waals surface area (Å²) >= 11 is 0. The fourth-order valence-corrected chi connectivity index (χ4v) is 3.20. The second-order valence-electron chi connectivity index (χ2n) is 6.49. The number of ether oxygens (including phenoxy) is 2. The van der Waals surface area contributed by atoms with Gasteiger partial charge in [0.05, 0.1) is 6.54 Å². The maximum atomic E-state index is 11.9. The molecule has 0 aromatic heterocycles. The van der Waals surface area contributed by atoms with Gasteiger partial charge in [-0.3, -0.25) is 10.1 Å². The monoisotopic (exact) mass is 347 g/mol. The molecule has 136 valence electrons. The molecule has 3 amide bonds. The zero-order valence-corrected chi connectivity index (χ0v) is 14.3. The lowest BCUT2D eigenvalue weighted by Crippen LogP contribution is -2.43. The summed E-state index contributed by atoms with van der Waals surface area (Å²) in [5.74, 6) is 0.890. The molecule has 25 heavy (non-hydrogen) atoms. The highest BCUT2D eigenvalue weighted by molar-refractivity contribution is 6.01. The number of benzene rings is 1. The molecule has 7 heteroatoms. The second-order valence-corrected chi connectivity index (χ2v) is 6.49. The molecular weight excluding hydrogens is 322 g/mol. The van der Waals surface area contributed by atoms with Gasteiger partial charge in [-0.2, -0.15) is 0 Å². The minimum atomic E-state index is -0.552. The van der Waals surface area contributed by atoms with Crippen molar-refractivity contribution in [3.05, 3.63) is 18.2 Å². The molecule has 0 radical (unpaired) electrons. The zero-order valence-electron chi connectivity index (χ0n) is 14.3. The van der Waals surface area contributed by atoms with Crippen molar-refractivity contribution in [2.75, 3.05) is 18.7 Å². The Bertz CT molecular complexity index is 612. The molecule has 1 heterocycles. The number of urea groups is 1. The summed E-state index contributed by atoms with van der Waals surface area (Å²) in [6, 6.07) is 4.89. The minimum Gasteiger partial charge on any atom is -0.454 e. The molecule has 3 rings (SSSR count). The Kier molecular flexibility index (Phi) is 6.11. The van der Waals surface area contributed by atoms with Crippen LogP contribution in [0.4, 0.5) is 10.5 Å².